The van der Waals surface area contributed by atoms with Gasteiger partial charge >= 0.3 is 0 Å². The van der Waals surface area contributed by atoms with Gasteiger partial charge in [-0.3, -0.25) is 10.1 Å². The zero-order valence-electron chi connectivity index (χ0n) is 14.6. The molecular formula is C22H14ClN3O2. The molecule has 0 amide bonds. The molecule has 0 atom stereocenters. The van der Waals surface area contributed by atoms with E-state index in [-0.39, 0.29) is 18.1 Å². The molecule has 0 radical (unpaired) electrons. The molecule has 0 N–H and O–H groups in total. The van der Waals surface area contributed by atoms with Crippen LogP contribution in [0.4, 0.5) is 5.69 Å². The predicted octanol–water partition coefficient (Wildman–Crippen LogP) is 5.77. The van der Waals surface area contributed by atoms with Crippen molar-refractivity contribution in [2.75, 3.05) is 0 Å². The molecule has 0 bridgehead atoms. The van der Waals surface area contributed by atoms with Gasteiger partial charge in [-0.25, -0.2) is 4.98 Å². The molecule has 4 rings (SSSR count). The van der Waals surface area contributed by atoms with Crippen LogP contribution in [0.25, 0.3) is 33.3 Å². The van der Waals surface area contributed by atoms with Gasteiger partial charge in [-0.2, -0.15) is 5.26 Å². The zero-order chi connectivity index (χ0) is 18.8. The number of non-ortho nitro benzene ring substituents is 1. The van der Waals surface area contributed by atoms with Crippen molar-refractivity contribution >= 4 is 29.0 Å². The number of hydrogen-bond acceptors (Lipinski definition) is 4. The van der Waals surface area contributed by atoms with Crippen molar-refractivity contribution in [3.63, 3.8) is 0 Å². The first kappa shape index (κ1) is 19.0. The number of halogens is 1. The highest BCUT2D eigenvalue weighted by Gasteiger charge is 2.13. The van der Waals surface area contributed by atoms with E-state index in [2.05, 4.69) is 11.1 Å². The van der Waals surface area contributed by atoms with Crippen LogP contribution in [-0.2, 0) is 0 Å². The quantitative estimate of drug-likeness (QED) is 0.330. The number of pyridine rings is 1. The minimum absolute atomic E-state index is 0. The maximum atomic E-state index is 11.2. The fourth-order valence-electron chi connectivity index (χ4n) is 3.05. The van der Waals surface area contributed by atoms with E-state index in [1.807, 2.05) is 48.5 Å². The van der Waals surface area contributed by atoms with E-state index in [1.54, 1.807) is 24.3 Å². The van der Waals surface area contributed by atoms with E-state index < -0.39 is 4.92 Å². The number of nitro groups is 1. The third-order valence-electron chi connectivity index (χ3n) is 4.40. The van der Waals surface area contributed by atoms with Crippen molar-refractivity contribution in [2.45, 2.75) is 0 Å². The normalized spacial score (nSPS) is 10.1. The van der Waals surface area contributed by atoms with Crippen LogP contribution >= 0.6 is 12.4 Å². The molecule has 0 aliphatic carbocycles. The largest absolute Gasteiger partial charge is 0.270 e. The van der Waals surface area contributed by atoms with Crippen molar-refractivity contribution in [1.29, 1.82) is 5.26 Å². The summed E-state index contributed by atoms with van der Waals surface area (Å²) in [5, 5.41) is 20.9. The second-order valence-electron chi connectivity index (χ2n) is 6.07. The highest BCUT2D eigenvalue weighted by atomic mass is 35.5. The third-order valence-corrected chi connectivity index (χ3v) is 4.40. The van der Waals surface area contributed by atoms with Crippen LogP contribution in [-0.4, -0.2) is 9.91 Å². The lowest BCUT2D eigenvalue weighted by molar-refractivity contribution is -0.384. The summed E-state index contributed by atoms with van der Waals surface area (Å²) in [6.45, 7) is 0. The number of aromatic nitrogens is 1. The van der Waals surface area contributed by atoms with Gasteiger partial charge in [0, 0.05) is 23.1 Å². The molecule has 28 heavy (non-hydrogen) atoms. The van der Waals surface area contributed by atoms with Crippen LogP contribution in [0.1, 0.15) is 5.56 Å². The number of hydrogen-bond donors (Lipinski definition) is 0. The van der Waals surface area contributed by atoms with Crippen LogP contribution in [0.5, 0.6) is 0 Å². The van der Waals surface area contributed by atoms with Gasteiger partial charge in [-0.05, 0) is 35.4 Å². The Kier molecular flexibility index (Phi) is 5.35. The summed E-state index contributed by atoms with van der Waals surface area (Å²) in [5.74, 6) is 0. The van der Waals surface area contributed by atoms with Crippen molar-refractivity contribution in [1.82, 2.24) is 4.98 Å². The van der Waals surface area contributed by atoms with Gasteiger partial charge in [0.1, 0.15) is 0 Å². The predicted molar refractivity (Wildman–Crippen MR) is 111 cm³/mol. The summed E-state index contributed by atoms with van der Waals surface area (Å²) in [5.41, 5.74) is 4.77. The van der Waals surface area contributed by atoms with Gasteiger partial charge in [0.05, 0.1) is 27.8 Å². The first-order valence-corrected chi connectivity index (χ1v) is 8.31. The number of rotatable bonds is 3. The summed E-state index contributed by atoms with van der Waals surface area (Å²) >= 11 is 0. The van der Waals surface area contributed by atoms with Crippen LogP contribution in [0.2, 0.25) is 0 Å². The molecule has 136 valence electrons. The van der Waals surface area contributed by atoms with Gasteiger partial charge < -0.3 is 0 Å². The summed E-state index contributed by atoms with van der Waals surface area (Å²) in [6.07, 6.45) is 0. The molecule has 1 aromatic heterocycles. The summed E-state index contributed by atoms with van der Waals surface area (Å²) in [4.78, 5) is 15.5. The Labute approximate surface area is 167 Å². The maximum Gasteiger partial charge on any atom is 0.270 e. The summed E-state index contributed by atoms with van der Waals surface area (Å²) in [6, 6.07) is 25.7. The zero-order valence-corrected chi connectivity index (χ0v) is 15.4. The van der Waals surface area contributed by atoms with Crippen LogP contribution in [0, 0.1) is 21.4 Å². The smallest absolute Gasteiger partial charge is 0.258 e. The number of nitro benzene ring substituents is 1. The highest BCUT2D eigenvalue weighted by Crippen LogP contribution is 2.34. The first-order valence-electron chi connectivity index (χ1n) is 8.31. The van der Waals surface area contributed by atoms with Crippen molar-refractivity contribution in [3.8, 4) is 28.5 Å². The van der Waals surface area contributed by atoms with E-state index in [4.69, 9.17) is 5.26 Å². The number of fused-ring (bicyclic) bond motifs is 1. The Morgan fingerprint density at radius 2 is 1.61 bits per heavy atom. The lowest BCUT2D eigenvalue weighted by atomic mass is 9.98. The molecule has 0 aliphatic heterocycles. The fourth-order valence-corrected chi connectivity index (χ4v) is 3.05. The molecule has 5 nitrogen and oxygen atoms in total. The molecule has 0 unspecified atom stereocenters. The molecule has 0 fully saturated rings. The SMILES string of the molecule is Cl.N#Cc1ccc(-c2cc(-c3ccccc3)c3cc([N+](=O)[O-])ccc3n2)cc1. The number of nitriles is 1. The Balaban J connectivity index is 0.00000225. The molecule has 3 aromatic carbocycles. The number of benzene rings is 3. The van der Waals surface area contributed by atoms with Crippen LogP contribution < -0.4 is 0 Å². The Morgan fingerprint density at radius 3 is 2.25 bits per heavy atom. The average Bonchev–Trinajstić information content (AvgIpc) is 2.73. The van der Waals surface area contributed by atoms with E-state index in [0.29, 0.717) is 11.1 Å². The monoisotopic (exact) mass is 387 g/mol. The molecular weight excluding hydrogens is 374 g/mol. The lowest BCUT2D eigenvalue weighted by Crippen LogP contribution is -1.93. The van der Waals surface area contributed by atoms with Gasteiger partial charge in [0.15, 0.2) is 0 Å². The first-order chi connectivity index (χ1) is 13.2. The number of nitrogens with zero attached hydrogens (tertiary/aromatic N) is 3. The Bertz CT molecular complexity index is 1200. The summed E-state index contributed by atoms with van der Waals surface area (Å²) < 4.78 is 0. The Morgan fingerprint density at radius 1 is 0.893 bits per heavy atom. The van der Waals surface area contributed by atoms with Gasteiger partial charge in [0.2, 0.25) is 0 Å². The molecule has 0 saturated heterocycles. The van der Waals surface area contributed by atoms with Crippen molar-refractivity contribution in [2.24, 2.45) is 0 Å². The molecule has 0 aliphatic rings. The standard InChI is InChI=1S/C22H13N3O2.ClH/c23-14-15-6-8-17(9-7-15)22-13-19(16-4-2-1-3-5-16)20-12-18(25(26)27)10-11-21(20)24-22;/h1-13H;1H. The van der Waals surface area contributed by atoms with E-state index in [1.165, 1.54) is 6.07 Å². The van der Waals surface area contributed by atoms with Gasteiger partial charge in [-0.15, -0.1) is 12.4 Å². The fraction of sp³-hybridized carbons (Fsp3) is 0. The topological polar surface area (TPSA) is 79.8 Å². The van der Waals surface area contributed by atoms with E-state index in [0.717, 1.165) is 27.8 Å². The van der Waals surface area contributed by atoms with Crippen LogP contribution in [0.15, 0.2) is 78.9 Å². The lowest BCUT2D eigenvalue weighted by Gasteiger charge is -2.10. The van der Waals surface area contributed by atoms with E-state index >= 15 is 0 Å². The van der Waals surface area contributed by atoms with Crippen LogP contribution in [0.3, 0.4) is 0 Å². The second kappa shape index (κ2) is 7.87. The molecule has 0 saturated carbocycles. The van der Waals surface area contributed by atoms with Crippen molar-refractivity contribution < 1.29 is 4.92 Å². The highest BCUT2D eigenvalue weighted by molar-refractivity contribution is 5.97. The van der Waals surface area contributed by atoms with E-state index in [9.17, 15) is 10.1 Å². The Hall–Kier alpha value is -3.75. The van der Waals surface area contributed by atoms with Crippen molar-refractivity contribution in [3.05, 3.63) is 94.5 Å². The summed E-state index contributed by atoms with van der Waals surface area (Å²) in [7, 11) is 0. The molecule has 0 spiro atoms. The average molecular weight is 388 g/mol. The molecule has 1 heterocycles. The maximum absolute atomic E-state index is 11.2. The molecule has 6 heteroatoms. The minimum atomic E-state index is -0.400. The van der Waals surface area contributed by atoms with Gasteiger partial charge in [-0.1, -0.05) is 42.5 Å². The second-order valence-corrected chi connectivity index (χ2v) is 6.07. The minimum Gasteiger partial charge on any atom is -0.258 e. The molecule has 4 aromatic rings. The third kappa shape index (κ3) is 3.54. The van der Waals surface area contributed by atoms with Gasteiger partial charge in [0.25, 0.3) is 5.69 Å².